The third-order valence-electron chi connectivity index (χ3n) is 2.84. The van der Waals surface area contributed by atoms with Crippen LogP contribution in [0.2, 0.25) is 0 Å². The van der Waals surface area contributed by atoms with Crippen LogP contribution in [-0.2, 0) is 14.4 Å². The van der Waals surface area contributed by atoms with Crippen LogP contribution in [0.25, 0.3) is 0 Å². The molecule has 1 aliphatic heterocycles. The summed E-state index contributed by atoms with van der Waals surface area (Å²) >= 11 is 0. The number of nitrogens with zero attached hydrogens (tertiary/aromatic N) is 1. The van der Waals surface area contributed by atoms with E-state index in [1.54, 1.807) is 0 Å². The molecule has 7 heteroatoms. The fourth-order valence-corrected chi connectivity index (χ4v) is 1.87. The van der Waals surface area contributed by atoms with Gasteiger partial charge in [0.1, 0.15) is 12.1 Å². The standard InChI is InChI=1S/C10H16N2O5/c11-6(9(14)15)3-4-8(13)12-5-1-2-7(12)10(16)17/h6-7H,1-5,11H2,(H,14,15)(H,16,17)/t6-,7?/m0/s1. The van der Waals surface area contributed by atoms with Crippen LogP contribution in [0.4, 0.5) is 0 Å². The second-order valence-electron chi connectivity index (χ2n) is 4.07. The van der Waals surface area contributed by atoms with Crippen molar-refractivity contribution in [3.05, 3.63) is 0 Å². The number of hydrogen-bond donors (Lipinski definition) is 3. The summed E-state index contributed by atoms with van der Waals surface area (Å²) in [6.07, 6.45) is 1.11. The molecule has 1 amide bonds. The van der Waals surface area contributed by atoms with E-state index in [1.807, 2.05) is 0 Å². The molecule has 1 aliphatic rings. The van der Waals surface area contributed by atoms with Crippen LogP contribution in [0, 0.1) is 0 Å². The number of aliphatic carboxylic acids is 2. The lowest BCUT2D eigenvalue weighted by Gasteiger charge is -2.21. The topological polar surface area (TPSA) is 121 Å². The van der Waals surface area contributed by atoms with Crippen molar-refractivity contribution in [2.45, 2.75) is 37.8 Å². The Morgan fingerprint density at radius 3 is 2.53 bits per heavy atom. The molecule has 0 aromatic carbocycles. The van der Waals surface area contributed by atoms with Crippen molar-refractivity contribution in [3.8, 4) is 0 Å². The fourth-order valence-electron chi connectivity index (χ4n) is 1.87. The van der Waals surface area contributed by atoms with E-state index in [2.05, 4.69) is 0 Å². The van der Waals surface area contributed by atoms with Crippen molar-refractivity contribution in [1.82, 2.24) is 4.90 Å². The molecule has 4 N–H and O–H groups in total. The predicted octanol–water partition coefficient (Wildman–Crippen LogP) is -0.746. The zero-order valence-corrected chi connectivity index (χ0v) is 9.33. The monoisotopic (exact) mass is 244 g/mol. The van der Waals surface area contributed by atoms with Gasteiger partial charge in [-0.25, -0.2) is 4.79 Å². The SMILES string of the molecule is N[C@@H](CCC(=O)N1CCCC1C(=O)O)C(=O)O. The molecule has 0 radical (unpaired) electrons. The van der Waals surface area contributed by atoms with Gasteiger partial charge < -0.3 is 20.8 Å². The van der Waals surface area contributed by atoms with E-state index in [4.69, 9.17) is 15.9 Å². The quantitative estimate of drug-likeness (QED) is 0.585. The van der Waals surface area contributed by atoms with Crippen LogP contribution >= 0.6 is 0 Å². The zero-order valence-electron chi connectivity index (χ0n) is 9.33. The highest BCUT2D eigenvalue weighted by molar-refractivity contribution is 5.84. The minimum atomic E-state index is -1.16. The molecule has 96 valence electrons. The maximum absolute atomic E-state index is 11.7. The Balaban J connectivity index is 2.47. The van der Waals surface area contributed by atoms with Gasteiger partial charge in [-0.3, -0.25) is 9.59 Å². The number of rotatable bonds is 5. The predicted molar refractivity (Wildman–Crippen MR) is 57.2 cm³/mol. The van der Waals surface area contributed by atoms with Crippen molar-refractivity contribution in [2.75, 3.05) is 6.54 Å². The molecule has 1 heterocycles. The second-order valence-corrected chi connectivity index (χ2v) is 4.07. The van der Waals surface area contributed by atoms with Crippen molar-refractivity contribution >= 4 is 17.8 Å². The zero-order chi connectivity index (χ0) is 13.0. The molecule has 17 heavy (non-hydrogen) atoms. The number of likely N-dealkylation sites (tertiary alicyclic amines) is 1. The third kappa shape index (κ3) is 3.42. The van der Waals surface area contributed by atoms with Gasteiger partial charge in [0.25, 0.3) is 0 Å². The third-order valence-corrected chi connectivity index (χ3v) is 2.84. The fraction of sp³-hybridized carbons (Fsp3) is 0.700. The van der Waals surface area contributed by atoms with Gasteiger partial charge >= 0.3 is 11.9 Å². The molecule has 0 aromatic rings. The summed E-state index contributed by atoms with van der Waals surface area (Å²) < 4.78 is 0. The summed E-state index contributed by atoms with van der Waals surface area (Å²) in [6, 6.07) is -1.85. The highest BCUT2D eigenvalue weighted by atomic mass is 16.4. The molecule has 1 saturated heterocycles. The Bertz CT molecular complexity index is 331. The Labute approximate surface area is 98.2 Å². The van der Waals surface area contributed by atoms with E-state index in [1.165, 1.54) is 4.90 Å². The van der Waals surface area contributed by atoms with Crippen molar-refractivity contribution in [2.24, 2.45) is 5.73 Å². The average Bonchev–Trinajstić information content (AvgIpc) is 2.73. The first kappa shape index (κ1) is 13.4. The van der Waals surface area contributed by atoms with E-state index < -0.39 is 24.0 Å². The summed E-state index contributed by atoms with van der Waals surface area (Å²) in [6.45, 7) is 0.415. The van der Waals surface area contributed by atoms with E-state index in [9.17, 15) is 14.4 Å². The van der Waals surface area contributed by atoms with Crippen LogP contribution in [-0.4, -0.2) is 51.6 Å². The van der Waals surface area contributed by atoms with Gasteiger partial charge in [0.05, 0.1) is 0 Å². The number of hydrogen-bond acceptors (Lipinski definition) is 4. The summed E-state index contributed by atoms with van der Waals surface area (Å²) in [4.78, 5) is 34.3. The van der Waals surface area contributed by atoms with Crippen LogP contribution in [0.15, 0.2) is 0 Å². The maximum atomic E-state index is 11.7. The Morgan fingerprint density at radius 2 is 2.00 bits per heavy atom. The molecule has 7 nitrogen and oxygen atoms in total. The highest BCUT2D eigenvalue weighted by Crippen LogP contribution is 2.19. The van der Waals surface area contributed by atoms with Crippen LogP contribution in [0.3, 0.4) is 0 Å². The first-order chi connectivity index (χ1) is 7.93. The van der Waals surface area contributed by atoms with Crippen LogP contribution < -0.4 is 5.73 Å². The molecule has 0 aromatic heterocycles. The van der Waals surface area contributed by atoms with E-state index in [0.29, 0.717) is 19.4 Å². The molecule has 1 unspecified atom stereocenters. The summed E-state index contributed by atoms with van der Waals surface area (Å²) in [5.41, 5.74) is 5.27. The highest BCUT2D eigenvalue weighted by Gasteiger charge is 2.33. The molecule has 0 spiro atoms. The lowest BCUT2D eigenvalue weighted by Crippen LogP contribution is -2.41. The smallest absolute Gasteiger partial charge is 0.326 e. The number of carbonyl (C=O) groups excluding carboxylic acids is 1. The molecular formula is C10H16N2O5. The van der Waals surface area contributed by atoms with Gasteiger partial charge in [-0.1, -0.05) is 0 Å². The van der Waals surface area contributed by atoms with Gasteiger partial charge in [-0.2, -0.15) is 0 Å². The summed E-state index contributed by atoms with van der Waals surface area (Å²) in [5, 5.41) is 17.4. The van der Waals surface area contributed by atoms with Gasteiger partial charge in [0, 0.05) is 13.0 Å². The molecule has 1 fully saturated rings. The van der Waals surface area contributed by atoms with Gasteiger partial charge in [0.15, 0.2) is 0 Å². The minimum absolute atomic E-state index is 0.0248. The Kier molecular flexibility index (Phi) is 4.45. The molecule has 2 atom stereocenters. The van der Waals surface area contributed by atoms with E-state index in [0.717, 1.165) is 0 Å². The molecule has 0 aliphatic carbocycles. The van der Waals surface area contributed by atoms with Crippen molar-refractivity contribution < 1.29 is 24.6 Å². The van der Waals surface area contributed by atoms with Gasteiger partial charge in [0.2, 0.25) is 5.91 Å². The number of carbonyl (C=O) groups is 3. The largest absolute Gasteiger partial charge is 0.480 e. The number of carboxylic acid groups (broad SMARTS) is 2. The number of carboxylic acids is 2. The van der Waals surface area contributed by atoms with Crippen LogP contribution in [0.1, 0.15) is 25.7 Å². The van der Waals surface area contributed by atoms with E-state index in [-0.39, 0.29) is 18.7 Å². The molecular weight excluding hydrogens is 228 g/mol. The number of nitrogens with two attached hydrogens (primary N) is 1. The minimum Gasteiger partial charge on any atom is -0.480 e. The van der Waals surface area contributed by atoms with Crippen LogP contribution in [0.5, 0.6) is 0 Å². The lowest BCUT2D eigenvalue weighted by molar-refractivity contribution is -0.148. The molecule has 0 saturated carbocycles. The normalized spacial score (nSPS) is 21.2. The lowest BCUT2D eigenvalue weighted by atomic mass is 10.1. The molecule has 1 rings (SSSR count). The van der Waals surface area contributed by atoms with Crippen molar-refractivity contribution in [1.29, 1.82) is 0 Å². The second kappa shape index (κ2) is 5.62. The van der Waals surface area contributed by atoms with E-state index >= 15 is 0 Å². The summed E-state index contributed by atoms with van der Waals surface area (Å²) in [5.74, 6) is -2.51. The maximum Gasteiger partial charge on any atom is 0.326 e. The molecule has 0 bridgehead atoms. The first-order valence-electron chi connectivity index (χ1n) is 5.44. The first-order valence-corrected chi connectivity index (χ1v) is 5.44. The Morgan fingerprint density at radius 1 is 1.35 bits per heavy atom. The van der Waals surface area contributed by atoms with Crippen molar-refractivity contribution in [3.63, 3.8) is 0 Å². The van der Waals surface area contributed by atoms with Gasteiger partial charge in [-0.05, 0) is 19.3 Å². The average molecular weight is 244 g/mol. The Hall–Kier alpha value is -1.63. The summed E-state index contributed by atoms with van der Waals surface area (Å²) in [7, 11) is 0. The van der Waals surface area contributed by atoms with Gasteiger partial charge in [-0.15, -0.1) is 0 Å². The number of amides is 1.